The summed E-state index contributed by atoms with van der Waals surface area (Å²) in [5, 5.41) is 15.7. The molecule has 131 heavy (non-hydrogen) atoms. The van der Waals surface area contributed by atoms with Gasteiger partial charge < -0.3 is 21.3 Å². The van der Waals surface area contributed by atoms with Crippen molar-refractivity contribution in [3.05, 3.63) is 340 Å². The maximum Gasteiger partial charge on any atom is 0.258 e. The minimum absolute atomic E-state index is 0.0399. The Labute approximate surface area is 763 Å². The van der Waals surface area contributed by atoms with Crippen molar-refractivity contribution >= 4 is 176 Å². The largest absolute Gasteiger partial charge is 0.322 e. The van der Waals surface area contributed by atoms with Crippen molar-refractivity contribution in [3.63, 3.8) is 0 Å². The quantitative estimate of drug-likeness (QED) is 0.0698. The van der Waals surface area contributed by atoms with Gasteiger partial charge in [-0.15, -0.1) is 0 Å². The Morgan fingerprint density at radius 3 is 1.28 bits per heavy atom. The topological polar surface area (TPSA) is 356 Å². The third-order valence-electron chi connectivity index (χ3n) is 22.6. The molecular weight excluding hydrogens is 1790 g/mol. The Morgan fingerprint density at radius 2 is 0.756 bits per heavy atom. The summed E-state index contributed by atoms with van der Waals surface area (Å²) in [6, 6.07) is 72.8. The van der Waals surface area contributed by atoms with Crippen LogP contribution in [0.15, 0.2) is 280 Å². The highest BCUT2D eigenvalue weighted by molar-refractivity contribution is 7.95. The molecule has 27 nitrogen and oxygen atoms in total. The molecule has 4 saturated heterocycles. The van der Waals surface area contributed by atoms with E-state index in [2.05, 4.69) is 51.2 Å². The summed E-state index contributed by atoms with van der Waals surface area (Å²) >= 11 is 12.6. The van der Waals surface area contributed by atoms with Crippen molar-refractivity contribution in [1.82, 2.24) is 34.9 Å². The molecule has 4 amide bonds. The van der Waals surface area contributed by atoms with Crippen LogP contribution in [0.5, 0.6) is 0 Å². The van der Waals surface area contributed by atoms with Gasteiger partial charge in [0.2, 0.25) is 40.1 Å². The fraction of sp³-hybridized carbons (Fsp3) is 0.124. The van der Waals surface area contributed by atoms with Crippen LogP contribution in [0, 0.1) is 33.5 Å². The number of amides is 4. The zero-order valence-electron chi connectivity index (χ0n) is 70.3. The molecule has 4 aliphatic heterocycles. The van der Waals surface area contributed by atoms with Crippen LogP contribution in [-0.2, 0) is 40.1 Å². The number of carbonyl (C=O) groups is 4. The minimum atomic E-state index is -3.36. The zero-order valence-corrected chi connectivity index (χ0v) is 75.1. The van der Waals surface area contributed by atoms with Gasteiger partial charge in [-0.1, -0.05) is 89.9 Å². The number of nitrogens with one attached hydrogen (secondary N) is 4. The van der Waals surface area contributed by atoms with Gasteiger partial charge in [-0.05, 0) is 237 Å². The summed E-state index contributed by atoms with van der Waals surface area (Å²) in [5.74, 6) is -1.46. The lowest BCUT2D eigenvalue weighted by Gasteiger charge is -2.32. The number of fused-ring (bicyclic) bond motifs is 4. The first-order valence-electron chi connectivity index (χ1n) is 41.1. The molecule has 0 radical (unpaired) electrons. The molecule has 20 rings (SSSR count). The maximum atomic E-state index is 14.7. The van der Waals surface area contributed by atoms with Crippen molar-refractivity contribution < 1.29 is 57.2 Å². The number of nitrogens with zero attached hydrogens (tertiary/aromatic N) is 11. The third kappa shape index (κ3) is 18.9. The predicted molar refractivity (Wildman–Crippen MR) is 513 cm³/mol. The van der Waals surface area contributed by atoms with Crippen molar-refractivity contribution in [1.29, 1.82) is 0 Å². The van der Waals surface area contributed by atoms with Gasteiger partial charge >= 0.3 is 0 Å². The molecule has 0 bridgehead atoms. The number of pyridine rings is 5. The van der Waals surface area contributed by atoms with Crippen LogP contribution in [0.3, 0.4) is 0 Å². The zero-order chi connectivity index (χ0) is 91.8. The molecule has 34 heteroatoms. The maximum absolute atomic E-state index is 14.7. The number of hydrogen-bond donors (Lipinski definition) is 4. The van der Waals surface area contributed by atoms with E-state index in [4.69, 9.17) is 28.2 Å². The van der Waals surface area contributed by atoms with Gasteiger partial charge in [-0.2, -0.15) is 0 Å². The molecule has 0 unspecified atom stereocenters. The normalized spacial score (nSPS) is 14.7. The standard InChI is InChI=1S/C25H20FN3O3S.2C24H19ClN4O3S.C24H20N4O3S/c1-16-6-7-18(14-22(16)24-20-5-3-2-4-17(20)10-11-27-24)28-25(30)21-9-8-19(15-23(21)26)29-12-13-33(29,31)32;1-15-4-5-16(13-20(15)23-19-3-2-9-26-22(19)8-10-27-23)28-24(30)18-7-6-17(14-21(18)25)29-11-12-33(29,31)32;1-15-6-7-17(12-20(15)23-26-14-16-4-2-3-5-22(16)28-23)27-24(30)19-9-8-18(13-21(19)25)29-10-11-33(29,31)32;1-16-4-7-18(15-20(16)21-10-11-22-23(27-21)3-2-12-25-22)26-24(29)17-5-8-19(9-6-17)28-13-14-32(28,30)31/h2-11,14-15H,12-13H2,1H3,(H,28,30);2-10,13-14H,11-12H2,1H3,(H,28,30);2-9,12-14H,10-11H2,1H3,(H,27,30);2-12,15H,13-14H2,1H3,(H,26,29). The average molecular weight is 1860 g/mol. The van der Waals surface area contributed by atoms with Crippen LogP contribution in [0.4, 0.5) is 49.9 Å². The van der Waals surface area contributed by atoms with E-state index < -0.39 is 57.7 Å². The number of aromatic nitrogens is 7. The lowest BCUT2D eigenvalue weighted by Crippen LogP contribution is -2.47. The van der Waals surface area contributed by atoms with Gasteiger partial charge in [0, 0.05) is 124 Å². The van der Waals surface area contributed by atoms with Crippen molar-refractivity contribution in [2.75, 3.05) is 87.7 Å². The second-order valence-electron chi connectivity index (χ2n) is 31.1. The molecule has 4 aliphatic rings. The van der Waals surface area contributed by atoms with E-state index >= 15 is 0 Å². The Hall–Kier alpha value is -14.5. The van der Waals surface area contributed by atoms with Gasteiger partial charge in [0.05, 0.1) is 112 Å². The number of anilines is 8. The van der Waals surface area contributed by atoms with Crippen molar-refractivity contribution in [2.24, 2.45) is 0 Å². The molecule has 0 saturated carbocycles. The monoisotopic (exact) mass is 1860 g/mol. The molecule has 6 aromatic heterocycles. The van der Waals surface area contributed by atoms with E-state index in [1.807, 2.05) is 185 Å². The SMILES string of the molecule is Cc1ccc(NC(=O)c2ccc(N3CCS3(=O)=O)cc2)cc1-c1ccc2ncccc2n1.Cc1ccc(NC(=O)c2ccc(N3CCS3(=O)=O)cc2Cl)cc1-c1ncc2ccccc2n1.Cc1ccc(NC(=O)c2ccc(N3CCS3(=O)=O)cc2Cl)cc1-c1nccc2ncccc12.Cc1ccc(NC(=O)c2ccc(N3CCS3(=O)=O)cc2F)cc1-c1nccc2ccccc12. The van der Waals surface area contributed by atoms with Crippen molar-refractivity contribution in [2.45, 2.75) is 27.7 Å². The summed E-state index contributed by atoms with van der Waals surface area (Å²) in [6.45, 7) is 9.50. The lowest BCUT2D eigenvalue weighted by molar-refractivity contribution is 0.101. The molecular formula is C97H78Cl2FN15O12S4. The summed E-state index contributed by atoms with van der Waals surface area (Å²) in [7, 11) is -13.1. The summed E-state index contributed by atoms with van der Waals surface area (Å²) in [5.41, 5.74) is 18.0. The number of sulfonamides is 4. The molecule has 10 heterocycles. The van der Waals surface area contributed by atoms with Gasteiger partial charge in [0.15, 0.2) is 5.82 Å². The number of hydrogen-bond acceptors (Lipinski definition) is 19. The fourth-order valence-electron chi connectivity index (χ4n) is 15.2. The molecule has 4 fully saturated rings. The van der Waals surface area contributed by atoms with E-state index in [0.29, 0.717) is 77.4 Å². The Balaban J connectivity index is 0.000000122. The number of benzene rings is 10. The van der Waals surface area contributed by atoms with Gasteiger partial charge in [-0.25, -0.2) is 53.0 Å². The Bertz CT molecular complexity index is 7600. The smallest absolute Gasteiger partial charge is 0.258 e. The van der Waals surface area contributed by atoms with Crippen LogP contribution in [-0.4, -0.2) is 141 Å². The van der Waals surface area contributed by atoms with E-state index in [9.17, 15) is 57.2 Å². The molecule has 4 N–H and O–H groups in total. The molecule has 0 spiro atoms. The number of halogens is 3. The number of aryl methyl sites for hydroxylation is 4. The number of rotatable bonds is 16. The summed E-state index contributed by atoms with van der Waals surface area (Å²) < 4.78 is 114. The van der Waals surface area contributed by atoms with Gasteiger partial charge in [-0.3, -0.25) is 56.3 Å². The molecule has 0 aliphatic carbocycles. The highest BCUT2D eigenvalue weighted by atomic mass is 35.5. The van der Waals surface area contributed by atoms with E-state index in [0.717, 1.165) is 116 Å². The van der Waals surface area contributed by atoms with Crippen LogP contribution in [0.2, 0.25) is 10.0 Å². The van der Waals surface area contributed by atoms with E-state index in [1.54, 1.807) is 79.5 Å². The van der Waals surface area contributed by atoms with Crippen LogP contribution >= 0.6 is 23.2 Å². The summed E-state index contributed by atoms with van der Waals surface area (Å²) in [4.78, 5) is 83.0. The third-order valence-corrected chi connectivity index (χ3v) is 30.3. The van der Waals surface area contributed by atoms with Crippen LogP contribution in [0.1, 0.15) is 63.7 Å². The number of para-hydroxylation sites is 1. The first-order chi connectivity index (χ1) is 62.9. The van der Waals surface area contributed by atoms with Gasteiger partial charge in [0.25, 0.3) is 23.6 Å². The van der Waals surface area contributed by atoms with Crippen LogP contribution < -0.4 is 38.5 Å². The first-order valence-corrected chi connectivity index (χ1v) is 48.3. The molecule has 16 aromatic rings. The first kappa shape index (κ1) is 88.5. The van der Waals surface area contributed by atoms with Gasteiger partial charge in [0.1, 0.15) is 5.82 Å². The van der Waals surface area contributed by atoms with Crippen LogP contribution in [0.25, 0.3) is 88.8 Å². The second-order valence-corrected chi connectivity index (χ2v) is 40.0. The highest BCUT2D eigenvalue weighted by Crippen LogP contribution is 2.38. The molecule has 658 valence electrons. The van der Waals surface area contributed by atoms with E-state index in [-0.39, 0.29) is 67.2 Å². The second kappa shape index (κ2) is 36.5. The number of carbonyl (C=O) groups excluding carboxylic acids is 4. The fourth-order valence-corrected chi connectivity index (χ4v) is 20.1. The lowest BCUT2D eigenvalue weighted by atomic mass is 9.99. The molecule has 0 atom stereocenters. The molecule has 10 aromatic carbocycles. The Kier molecular flexibility index (Phi) is 24.7. The summed E-state index contributed by atoms with van der Waals surface area (Å²) in [6.07, 6.45) is 8.72. The highest BCUT2D eigenvalue weighted by Gasteiger charge is 2.37. The average Bonchev–Trinajstić information content (AvgIpc) is 0.774. The minimum Gasteiger partial charge on any atom is -0.322 e. The van der Waals surface area contributed by atoms with E-state index in [1.165, 1.54) is 49.3 Å². The Morgan fingerprint density at radius 1 is 0.336 bits per heavy atom. The predicted octanol–water partition coefficient (Wildman–Crippen LogP) is 18.1. The van der Waals surface area contributed by atoms with Crippen molar-refractivity contribution in [3.8, 4) is 45.2 Å².